The molecule has 1 aromatic carbocycles. The SMILES string of the molecule is CC(=O)N[C@H]1CCN(c2ncc(OCc3c(Cl)cccc3Cl)cn2)C1. The van der Waals surface area contributed by atoms with Crippen LogP contribution in [0, 0.1) is 0 Å². The van der Waals surface area contributed by atoms with E-state index in [0.717, 1.165) is 18.5 Å². The van der Waals surface area contributed by atoms with Gasteiger partial charge in [-0.05, 0) is 18.6 Å². The Hall–Kier alpha value is -2.05. The summed E-state index contributed by atoms with van der Waals surface area (Å²) < 4.78 is 5.68. The zero-order valence-corrected chi connectivity index (χ0v) is 15.2. The van der Waals surface area contributed by atoms with E-state index in [1.807, 2.05) is 4.90 Å². The maximum absolute atomic E-state index is 11.1. The maximum Gasteiger partial charge on any atom is 0.225 e. The summed E-state index contributed by atoms with van der Waals surface area (Å²) >= 11 is 12.2. The molecule has 1 saturated heterocycles. The number of carbonyl (C=O) groups excluding carboxylic acids is 1. The molecule has 1 atom stereocenters. The Morgan fingerprint density at radius 2 is 2.00 bits per heavy atom. The molecule has 1 aromatic heterocycles. The molecule has 0 radical (unpaired) electrons. The van der Waals surface area contributed by atoms with Gasteiger partial charge in [0.15, 0.2) is 5.75 Å². The fraction of sp³-hybridized carbons (Fsp3) is 0.353. The highest BCUT2D eigenvalue weighted by Crippen LogP contribution is 2.26. The highest BCUT2D eigenvalue weighted by molar-refractivity contribution is 6.35. The van der Waals surface area contributed by atoms with Crippen LogP contribution in [-0.2, 0) is 11.4 Å². The molecule has 0 unspecified atom stereocenters. The molecule has 8 heteroatoms. The van der Waals surface area contributed by atoms with E-state index in [0.29, 0.717) is 28.3 Å². The molecule has 0 bridgehead atoms. The van der Waals surface area contributed by atoms with E-state index in [-0.39, 0.29) is 18.6 Å². The molecule has 0 spiro atoms. The average molecular weight is 381 g/mol. The number of benzene rings is 1. The summed E-state index contributed by atoms with van der Waals surface area (Å²) in [5.41, 5.74) is 0.729. The Morgan fingerprint density at radius 1 is 1.32 bits per heavy atom. The molecule has 1 aliphatic heterocycles. The summed E-state index contributed by atoms with van der Waals surface area (Å²) in [4.78, 5) is 21.9. The minimum atomic E-state index is -0.0188. The predicted molar refractivity (Wildman–Crippen MR) is 97.3 cm³/mol. The van der Waals surface area contributed by atoms with Crippen molar-refractivity contribution in [2.45, 2.75) is 26.0 Å². The van der Waals surface area contributed by atoms with Gasteiger partial charge in [-0.15, -0.1) is 0 Å². The molecule has 6 nitrogen and oxygen atoms in total. The zero-order chi connectivity index (χ0) is 17.8. The number of hydrogen-bond donors (Lipinski definition) is 1. The molecule has 1 aliphatic rings. The van der Waals surface area contributed by atoms with Crippen molar-refractivity contribution in [3.63, 3.8) is 0 Å². The Bertz CT molecular complexity index is 735. The van der Waals surface area contributed by atoms with Crippen molar-refractivity contribution in [3.05, 3.63) is 46.2 Å². The van der Waals surface area contributed by atoms with Gasteiger partial charge in [-0.25, -0.2) is 9.97 Å². The first-order chi connectivity index (χ1) is 12.0. The van der Waals surface area contributed by atoms with Crippen LogP contribution in [-0.4, -0.2) is 35.0 Å². The number of ether oxygens (including phenoxy) is 1. The number of carbonyl (C=O) groups is 1. The van der Waals surface area contributed by atoms with Crippen LogP contribution >= 0.6 is 23.2 Å². The van der Waals surface area contributed by atoms with E-state index in [1.54, 1.807) is 30.6 Å². The zero-order valence-electron chi connectivity index (χ0n) is 13.7. The van der Waals surface area contributed by atoms with E-state index >= 15 is 0 Å². The summed E-state index contributed by atoms with van der Waals surface area (Å²) in [5, 5.41) is 4.04. The fourth-order valence-electron chi connectivity index (χ4n) is 2.72. The van der Waals surface area contributed by atoms with E-state index < -0.39 is 0 Å². The molecular formula is C17H18Cl2N4O2. The second kappa shape index (κ2) is 7.89. The maximum atomic E-state index is 11.1. The lowest BCUT2D eigenvalue weighted by molar-refractivity contribution is -0.119. The molecule has 1 fully saturated rings. The summed E-state index contributed by atoms with van der Waals surface area (Å²) in [5.74, 6) is 1.14. The van der Waals surface area contributed by atoms with Gasteiger partial charge >= 0.3 is 0 Å². The van der Waals surface area contributed by atoms with Crippen molar-refractivity contribution in [1.82, 2.24) is 15.3 Å². The molecule has 1 N–H and O–H groups in total. The topological polar surface area (TPSA) is 67.4 Å². The Balaban J connectivity index is 1.59. The molecule has 1 amide bonds. The summed E-state index contributed by atoms with van der Waals surface area (Å²) in [7, 11) is 0. The minimum Gasteiger partial charge on any atom is -0.486 e. The second-order valence-electron chi connectivity index (χ2n) is 5.84. The van der Waals surface area contributed by atoms with Crippen molar-refractivity contribution in [2.24, 2.45) is 0 Å². The van der Waals surface area contributed by atoms with Crippen LogP contribution in [0.25, 0.3) is 0 Å². The van der Waals surface area contributed by atoms with Crippen molar-refractivity contribution >= 4 is 35.1 Å². The third-order valence-electron chi connectivity index (χ3n) is 3.94. The molecule has 3 rings (SSSR count). The van der Waals surface area contributed by atoms with Crippen LogP contribution in [0.3, 0.4) is 0 Å². The smallest absolute Gasteiger partial charge is 0.225 e. The fourth-order valence-corrected chi connectivity index (χ4v) is 3.23. The highest BCUT2D eigenvalue weighted by atomic mass is 35.5. The number of nitrogens with one attached hydrogen (secondary N) is 1. The number of nitrogens with zero attached hydrogens (tertiary/aromatic N) is 3. The number of halogens is 2. The van der Waals surface area contributed by atoms with Gasteiger partial charge in [0.25, 0.3) is 0 Å². The molecule has 0 saturated carbocycles. The van der Waals surface area contributed by atoms with Gasteiger partial charge in [0.2, 0.25) is 11.9 Å². The van der Waals surface area contributed by atoms with E-state index in [4.69, 9.17) is 27.9 Å². The molecule has 2 aromatic rings. The van der Waals surface area contributed by atoms with E-state index in [1.165, 1.54) is 6.92 Å². The standard InChI is InChI=1S/C17H18Cl2N4O2/c1-11(24)22-12-5-6-23(9-12)17-20-7-13(8-21-17)25-10-14-15(18)3-2-4-16(14)19/h2-4,7-8,12H,5-6,9-10H2,1H3,(H,22,24)/t12-/m0/s1. The van der Waals surface area contributed by atoms with Crippen LogP contribution in [0.15, 0.2) is 30.6 Å². The number of aromatic nitrogens is 2. The summed E-state index contributed by atoms with van der Waals surface area (Å²) in [6.45, 7) is 3.28. The monoisotopic (exact) mass is 380 g/mol. The molecular weight excluding hydrogens is 363 g/mol. The Kier molecular flexibility index (Phi) is 5.60. The van der Waals surface area contributed by atoms with Crippen molar-refractivity contribution < 1.29 is 9.53 Å². The lowest BCUT2D eigenvalue weighted by Crippen LogP contribution is -2.35. The lowest BCUT2D eigenvalue weighted by atomic mass is 10.2. The third kappa shape index (κ3) is 4.52. The second-order valence-corrected chi connectivity index (χ2v) is 6.65. The van der Waals surface area contributed by atoms with Gasteiger partial charge in [-0.2, -0.15) is 0 Å². The largest absolute Gasteiger partial charge is 0.486 e. The van der Waals surface area contributed by atoms with E-state index in [9.17, 15) is 4.79 Å². The van der Waals surface area contributed by atoms with Gasteiger partial charge in [0.05, 0.1) is 12.4 Å². The number of hydrogen-bond acceptors (Lipinski definition) is 5. The van der Waals surface area contributed by atoms with Gasteiger partial charge in [0.1, 0.15) is 6.61 Å². The normalized spacial score (nSPS) is 16.8. The Labute approximate surface area is 156 Å². The van der Waals surface area contributed by atoms with Crippen LogP contribution in [0.5, 0.6) is 5.75 Å². The van der Waals surface area contributed by atoms with Crippen molar-refractivity contribution in [3.8, 4) is 5.75 Å². The first-order valence-electron chi connectivity index (χ1n) is 7.92. The van der Waals surface area contributed by atoms with Crippen LogP contribution in [0.1, 0.15) is 18.9 Å². The number of anilines is 1. The molecule has 132 valence electrons. The first-order valence-corrected chi connectivity index (χ1v) is 8.68. The summed E-state index contributed by atoms with van der Waals surface area (Å²) in [6, 6.07) is 5.46. The average Bonchev–Trinajstić information content (AvgIpc) is 3.02. The molecule has 0 aliphatic carbocycles. The minimum absolute atomic E-state index is 0.0188. The quantitative estimate of drug-likeness (QED) is 0.862. The molecule has 2 heterocycles. The van der Waals surface area contributed by atoms with Crippen LogP contribution in [0.4, 0.5) is 5.95 Å². The highest BCUT2D eigenvalue weighted by Gasteiger charge is 2.24. The molecule has 25 heavy (non-hydrogen) atoms. The number of rotatable bonds is 5. The van der Waals surface area contributed by atoms with Gasteiger partial charge in [-0.3, -0.25) is 4.79 Å². The van der Waals surface area contributed by atoms with Crippen molar-refractivity contribution in [2.75, 3.05) is 18.0 Å². The Morgan fingerprint density at radius 3 is 2.64 bits per heavy atom. The number of amides is 1. The predicted octanol–water partition coefficient (Wildman–Crippen LogP) is 3.08. The lowest BCUT2D eigenvalue weighted by Gasteiger charge is -2.16. The van der Waals surface area contributed by atoms with Gasteiger partial charge in [-0.1, -0.05) is 29.3 Å². The van der Waals surface area contributed by atoms with Crippen LogP contribution < -0.4 is 15.0 Å². The first kappa shape index (κ1) is 17.8. The van der Waals surface area contributed by atoms with Gasteiger partial charge in [0, 0.05) is 41.7 Å². The summed E-state index contributed by atoms with van der Waals surface area (Å²) in [6.07, 6.45) is 4.13. The van der Waals surface area contributed by atoms with E-state index in [2.05, 4.69) is 15.3 Å². The third-order valence-corrected chi connectivity index (χ3v) is 4.65. The van der Waals surface area contributed by atoms with Crippen LogP contribution in [0.2, 0.25) is 10.0 Å². The van der Waals surface area contributed by atoms with Crippen molar-refractivity contribution in [1.29, 1.82) is 0 Å². The van der Waals surface area contributed by atoms with Gasteiger partial charge < -0.3 is 15.0 Å².